The maximum Gasteiger partial charge on any atom is 0.261 e. The second kappa shape index (κ2) is 10.5. The van der Waals surface area contributed by atoms with E-state index in [1.165, 1.54) is 25.7 Å². The fraction of sp³-hybridized carbons (Fsp3) is 0.500. The van der Waals surface area contributed by atoms with Crippen LogP contribution in [0.15, 0.2) is 47.5 Å². The van der Waals surface area contributed by atoms with Crippen LogP contribution in [0.2, 0.25) is 10.0 Å². The van der Waals surface area contributed by atoms with Gasteiger partial charge in [-0.2, -0.15) is 0 Å². The Morgan fingerprint density at radius 1 is 1.06 bits per heavy atom. The van der Waals surface area contributed by atoms with Crippen LogP contribution in [0, 0.1) is 5.92 Å². The molecule has 35 heavy (non-hydrogen) atoms. The van der Waals surface area contributed by atoms with Gasteiger partial charge in [-0.3, -0.25) is 14.3 Å². The number of halogens is 2. The van der Waals surface area contributed by atoms with Crippen LogP contribution in [0.4, 0.5) is 5.69 Å². The van der Waals surface area contributed by atoms with E-state index < -0.39 is 0 Å². The van der Waals surface area contributed by atoms with E-state index in [1.807, 2.05) is 18.2 Å². The Morgan fingerprint density at radius 2 is 1.91 bits per heavy atom. The summed E-state index contributed by atoms with van der Waals surface area (Å²) in [6.45, 7) is 8.39. The lowest BCUT2D eigenvalue weighted by atomic mass is 9.85. The first-order valence-corrected chi connectivity index (χ1v) is 13.6. The maximum atomic E-state index is 13.1. The number of hydrogen-bond acceptors (Lipinski definition) is 4. The largest absolute Gasteiger partial charge is 0.369 e. The Morgan fingerprint density at radius 3 is 2.69 bits per heavy atom. The molecule has 186 valence electrons. The van der Waals surface area contributed by atoms with Crippen LogP contribution in [0.3, 0.4) is 0 Å². The van der Waals surface area contributed by atoms with Gasteiger partial charge in [-0.25, -0.2) is 4.98 Å². The summed E-state index contributed by atoms with van der Waals surface area (Å²) in [4.78, 5) is 22.9. The van der Waals surface area contributed by atoms with Gasteiger partial charge in [0.1, 0.15) is 0 Å². The van der Waals surface area contributed by atoms with Gasteiger partial charge in [0, 0.05) is 54.0 Å². The molecule has 1 aliphatic heterocycles. The number of aryl methyl sites for hydroxylation is 2. The van der Waals surface area contributed by atoms with Crippen molar-refractivity contribution in [1.29, 1.82) is 0 Å². The van der Waals surface area contributed by atoms with Gasteiger partial charge in [0.25, 0.3) is 5.56 Å². The van der Waals surface area contributed by atoms with E-state index in [-0.39, 0.29) is 5.56 Å². The minimum atomic E-state index is -0.0174. The summed E-state index contributed by atoms with van der Waals surface area (Å²) in [5, 5.41) is 1.89. The second-order valence-electron chi connectivity index (χ2n) is 10.4. The molecule has 0 radical (unpaired) electrons. The molecule has 5 nitrogen and oxygen atoms in total. The third-order valence-corrected chi connectivity index (χ3v) is 8.45. The molecule has 5 rings (SSSR count). The number of hydrogen-bond donors (Lipinski definition) is 0. The Balaban J connectivity index is 1.28. The minimum absolute atomic E-state index is 0.0174. The molecule has 1 aliphatic carbocycles. The van der Waals surface area contributed by atoms with Gasteiger partial charge in [0.05, 0.1) is 17.2 Å². The molecular weight excluding hydrogens is 479 g/mol. The zero-order valence-corrected chi connectivity index (χ0v) is 22.1. The quantitative estimate of drug-likeness (QED) is 0.418. The Labute approximate surface area is 217 Å². The van der Waals surface area contributed by atoms with Gasteiger partial charge < -0.3 is 4.90 Å². The summed E-state index contributed by atoms with van der Waals surface area (Å²) in [5.74, 6) is 0.845. The number of nitrogens with zero attached hydrogens (tertiary/aromatic N) is 4. The van der Waals surface area contributed by atoms with Crippen LogP contribution in [0.5, 0.6) is 0 Å². The van der Waals surface area contributed by atoms with Crippen molar-refractivity contribution in [3.63, 3.8) is 0 Å². The first-order chi connectivity index (χ1) is 16.9. The lowest BCUT2D eigenvalue weighted by molar-refractivity contribution is 0.0863. The fourth-order valence-corrected chi connectivity index (χ4v) is 6.42. The monoisotopic (exact) mass is 512 g/mol. The predicted molar refractivity (Wildman–Crippen MR) is 146 cm³/mol. The Bertz CT molecular complexity index is 1260. The molecule has 0 spiro atoms. The number of piperazine rings is 1. The number of rotatable bonds is 5. The number of aromatic nitrogens is 2. The smallest absolute Gasteiger partial charge is 0.261 e. The molecule has 1 saturated carbocycles. The Hall–Kier alpha value is -2.08. The van der Waals surface area contributed by atoms with E-state index >= 15 is 0 Å². The van der Waals surface area contributed by atoms with Crippen LogP contribution < -0.4 is 10.5 Å². The van der Waals surface area contributed by atoms with Crippen LogP contribution in [0.25, 0.3) is 10.9 Å². The maximum absolute atomic E-state index is 13.1. The van der Waals surface area contributed by atoms with Crippen LogP contribution in [0.1, 0.15) is 45.1 Å². The first-order valence-electron chi connectivity index (χ1n) is 12.8. The van der Waals surface area contributed by atoms with E-state index in [0.717, 1.165) is 48.4 Å². The van der Waals surface area contributed by atoms with Gasteiger partial charge in [-0.05, 0) is 68.0 Å². The van der Waals surface area contributed by atoms with Crippen LogP contribution >= 0.6 is 23.2 Å². The van der Waals surface area contributed by atoms with E-state index in [4.69, 9.17) is 23.2 Å². The van der Waals surface area contributed by atoms with Gasteiger partial charge in [-0.15, -0.1) is 0 Å². The van der Waals surface area contributed by atoms with Crippen molar-refractivity contribution in [3.05, 3.63) is 68.7 Å². The second-order valence-corrected chi connectivity index (χ2v) is 11.2. The first kappa shape index (κ1) is 24.6. The van der Waals surface area contributed by atoms with Crippen molar-refractivity contribution in [2.75, 3.05) is 24.5 Å². The topological polar surface area (TPSA) is 41.4 Å². The van der Waals surface area contributed by atoms with E-state index in [0.29, 0.717) is 34.4 Å². The zero-order chi connectivity index (χ0) is 24.5. The van der Waals surface area contributed by atoms with E-state index in [1.54, 1.807) is 17.0 Å². The van der Waals surface area contributed by atoms with Crippen molar-refractivity contribution in [3.8, 4) is 0 Å². The van der Waals surface area contributed by atoms with Gasteiger partial charge in [0.15, 0.2) is 0 Å². The highest BCUT2D eigenvalue weighted by atomic mass is 35.5. The summed E-state index contributed by atoms with van der Waals surface area (Å²) in [7, 11) is 0. The summed E-state index contributed by atoms with van der Waals surface area (Å²) in [6.07, 6.45) is 7.71. The molecule has 1 saturated heterocycles. The lowest BCUT2D eigenvalue weighted by Gasteiger charge is -2.46. The average molecular weight is 514 g/mol. The average Bonchev–Trinajstić information content (AvgIpc) is 2.84. The van der Waals surface area contributed by atoms with Crippen LogP contribution in [-0.4, -0.2) is 46.2 Å². The highest BCUT2D eigenvalue weighted by molar-refractivity contribution is 6.35. The number of fused-ring (bicyclic) bond motifs is 1. The molecule has 0 bridgehead atoms. The Kier molecular flexibility index (Phi) is 7.38. The molecule has 2 aliphatic rings. The van der Waals surface area contributed by atoms with Crippen molar-refractivity contribution in [2.45, 2.75) is 64.6 Å². The lowest BCUT2D eigenvalue weighted by Crippen LogP contribution is -2.56. The molecule has 7 heteroatoms. The van der Waals surface area contributed by atoms with Gasteiger partial charge >= 0.3 is 0 Å². The fourth-order valence-electron chi connectivity index (χ4n) is 5.92. The minimum Gasteiger partial charge on any atom is -0.369 e. The standard InChI is InChI=1S/C28H34Cl2N4O/c1-19-4-3-5-24(14-19)34-13-12-32(17-20(34)2)23-8-9-25-27(16-23)31-18-33(28(25)35)11-10-21-6-7-22(29)15-26(21)30/h6-9,15-16,18-20,24H,3-5,10-14,17H2,1-2H3/t19?,20-,24?/m0/s1. The molecule has 0 N–H and O–H groups in total. The third-order valence-electron chi connectivity index (χ3n) is 7.87. The van der Waals surface area contributed by atoms with Crippen molar-refractivity contribution >= 4 is 39.8 Å². The third kappa shape index (κ3) is 5.37. The number of anilines is 1. The molecule has 0 amide bonds. The summed E-state index contributed by atoms with van der Waals surface area (Å²) >= 11 is 12.3. The van der Waals surface area contributed by atoms with Crippen molar-refractivity contribution < 1.29 is 0 Å². The predicted octanol–water partition coefficient (Wildman–Crippen LogP) is 6.04. The molecule has 3 aromatic rings. The molecule has 2 aromatic carbocycles. The summed E-state index contributed by atoms with van der Waals surface area (Å²) < 4.78 is 1.67. The van der Waals surface area contributed by atoms with Crippen molar-refractivity contribution in [1.82, 2.24) is 14.5 Å². The SMILES string of the molecule is CC1CCCC(N2CCN(c3ccc4c(=O)n(CCc5ccc(Cl)cc5Cl)cnc4c3)C[C@@H]2C)C1. The van der Waals surface area contributed by atoms with Gasteiger partial charge in [-0.1, -0.05) is 49.0 Å². The van der Waals surface area contributed by atoms with E-state index in [9.17, 15) is 4.79 Å². The molecule has 2 fully saturated rings. The normalized spacial score (nSPS) is 23.7. The molecule has 2 unspecified atom stereocenters. The molecule has 1 aromatic heterocycles. The molecule has 2 heterocycles. The van der Waals surface area contributed by atoms with Gasteiger partial charge in [0.2, 0.25) is 0 Å². The van der Waals surface area contributed by atoms with Crippen LogP contribution in [-0.2, 0) is 13.0 Å². The zero-order valence-electron chi connectivity index (χ0n) is 20.6. The highest BCUT2D eigenvalue weighted by Gasteiger charge is 2.32. The number of benzene rings is 2. The summed E-state index contributed by atoms with van der Waals surface area (Å²) in [6, 6.07) is 12.8. The summed E-state index contributed by atoms with van der Waals surface area (Å²) in [5.41, 5.74) is 2.86. The van der Waals surface area contributed by atoms with E-state index in [2.05, 4.69) is 40.8 Å². The molecule has 3 atom stereocenters. The molecular formula is C28H34Cl2N4O. The van der Waals surface area contributed by atoms with Crippen molar-refractivity contribution in [2.24, 2.45) is 5.92 Å². The highest BCUT2D eigenvalue weighted by Crippen LogP contribution is 2.31.